The lowest BCUT2D eigenvalue weighted by atomic mass is 10.1. The quantitative estimate of drug-likeness (QED) is 0.528. The van der Waals surface area contributed by atoms with Gasteiger partial charge in [-0.2, -0.15) is 0 Å². The minimum absolute atomic E-state index is 0.329. The van der Waals surface area contributed by atoms with Gasteiger partial charge in [0.1, 0.15) is 0 Å². The highest BCUT2D eigenvalue weighted by Gasteiger charge is 2.16. The van der Waals surface area contributed by atoms with E-state index in [-0.39, 0.29) is 11.8 Å². The van der Waals surface area contributed by atoms with Crippen LogP contribution in [0.2, 0.25) is 5.02 Å². The number of halogens is 2. The summed E-state index contributed by atoms with van der Waals surface area (Å²) in [6, 6.07) is 15.3. The van der Waals surface area contributed by atoms with E-state index in [4.69, 9.17) is 11.6 Å². The summed E-state index contributed by atoms with van der Waals surface area (Å²) in [6.07, 6.45) is 3.18. The highest BCUT2D eigenvalue weighted by molar-refractivity contribution is 14.1. The number of nitrogens with one attached hydrogen (secondary N) is 2. The molecule has 130 valence electrons. The molecule has 7 heteroatoms. The number of hydrogen-bond acceptors (Lipinski definition) is 3. The van der Waals surface area contributed by atoms with Crippen molar-refractivity contribution in [1.82, 2.24) is 4.98 Å². The van der Waals surface area contributed by atoms with Gasteiger partial charge in [0, 0.05) is 21.7 Å². The van der Waals surface area contributed by atoms with Crippen LogP contribution < -0.4 is 10.6 Å². The Morgan fingerprint density at radius 1 is 0.885 bits per heavy atom. The zero-order valence-electron chi connectivity index (χ0n) is 13.4. The maximum atomic E-state index is 12.7. The Bertz CT molecular complexity index is 964. The summed E-state index contributed by atoms with van der Waals surface area (Å²) < 4.78 is 0.873. The lowest BCUT2D eigenvalue weighted by molar-refractivity contribution is 0.102. The molecule has 0 bridgehead atoms. The molecule has 0 atom stereocenters. The van der Waals surface area contributed by atoms with Crippen LogP contribution in [-0.4, -0.2) is 16.8 Å². The lowest BCUT2D eigenvalue weighted by Crippen LogP contribution is -2.18. The van der Waals surface area contributed by atoms with Crippen molar-refractivity contribution in [2.24, 2.45) is 0 Å². The van der Waals surface area contributed by atoms with Crippen molar-refractivity contribution in [1.29, 1.82) is 0 Å². The summed E-state index contributed by atoms with van der Waals surface area (Å²) in [6.45, 7) is 0. The van der Waals surface area contributed by atoms with Crippen LogP contribution in [-0.2, 0) is 0 Å². The van der Waals surface area contributed by atoms with Crippen molar-refractivity contribution >= 4 is 57.4 Å². The Balaban J connectivity index is 1.87. The van der Waals surface area contributed by atoms with E-state index < -0.39 is 0 Å². The Morgan fingerprint density at radius 2 is 1.58 bits per heavy atom. The number of benzene rings is 2. The average Bonchev–Trinajstić information content (AvgIpc) is 2.64. The smallest absolute Gasteiger partial charge is 0.257 e. The molecule has 0 spiro atoms. The van der Waals surface area contributed by atoms with Gasteiger partial charge in [-0.25, -0.2) is 0 Å². The maximum Gasteiger partial charge on any atom is 0.257 e. The molecule has 1 heterocycles. The molecule has 3 rings (SSSR count). The molecule has 2 aromatic carbocycles. The summed E-state index contributed by atoms with van der Waals surface area (Å²) in [5, 5.41) is 5.90. The number of carbonyl (C=O) groups is 2. The fourth-order valence-electron chi connectivity index (χ4n) is 2.28. The molecule has 0 saturated heterocycles. The summed E-state index contributed by atoms with van der Waals surface area (Å²) in [7, 11) is 0. The summed E-state index contributed by atoms with van der Waals surface area (Å²) in [5.41, 5.74) is 1.72. The van der Waals surface area contributed by atoms with E-state index in [1.807, 2.05) is 6.07 Å². The van der Waals surface area contributed by atoms with Crippen molar-refractivity contribution < 1.29 is 9.59 Å². The molecule has 0 fully saturated rings. The molecule has 0 aliphatic carbocycles. The minimum atomic E-state index is -0.380. The Labute approximate surface area is 168 Å². The molecule has 3 aromatic rings. The molecule has 5 nitrogen and oxygen atoms in total. The van der Waals surface area contributed by atoms with Crippen LogP contribution in [0, 0.1) is 3.57 Å². The topological polar surface area (TPSA) is 71.1 Å². The van der Waals surface area contributed by atoms with Crippen LogP contribution in [0.1, 0.15) is 20.7 Å². The number of aromatic nitrogens is 1. The van der Waals surface area contributed by atoms with Gasteiger partial charge in [-0.05, 0) is 65.1 Å². The normalized spacial score (nSPS) is 10.2. The van der Waals surface area contributed by atoms with Crippen LogP contribution in [0.3, 0.4) is 0 Å². The Hall–Kier alpha value is -2.45. The van der Waals surface area contributed by atoms with Gasteiger partial charge in [0.2, 0.25) is 0 Å². The first-order valence-electron chi connectivity index (χ1n) is 7.61. The van der Waals surface area contributed by atoms with Crippen LogP contribution in [0.25, 0.3) is 0 Å². The predicted octanol–water partition coefficient (Wildman–Crippen LogP) is 4.84. The number of amides is 2. The zero-order valence-corrected chi connectivity index (χ0v) is 16.3. The van der Waals surface area contributed by atoms with Crippen molar-refractivity contribution in [3.8, 4) is 0 Å². The molecule has 0 unspecified atom stereocenters. The number of nitrogens with zero attached hydrogens (tertiary/aromatic N) is 1. The first kappa shape index (κ1) is 18.3. The van der Waals surface area contributed by atoms with E-state index in [9.17, 15) is 9.59 Å². The largest absolute Gasteiger partial charge is 0.322 e. The molecular weight excluding hydrogens is 465 g/mol. The van der Waals surface area contributed by atoms with Crippen molar-refractivity contribution in [3.05, 3.63) is 86.7 Å². The van der Waals surface area contributed by atoms with Gasteiger partial charge in [0.05, 0.1) is 21.8 Å². The summed E-state index contributed by atoms with van der Waals surface area (Å²) in [4.78, 5) is 29.1. The number of carbonyl (C=O) groups excluding carboxylic acids is 2. The zero-order chi connectivity index (χ0) is 18.5. The van der Waals surface area contributed by atoms with E-state index in [0.29, 0.717) is 27.5 Å². The van der Waals surface area contributed by atoms with Gasteiger partial charge in [0.15, 0.2) is 0 Å². The molecule has 1 aromatic heterocycles. The number of anilines is 2. The second kappa shape index (κ2) is 8.29. The maximum absolute atomic E-state index is 12.7. The minimum Gasteiger partial charge on any atom is -0.322 e. The van der Waals surface area contributed by atoms with E-state index in [1.165, 1.54) is 0 Å². The van der Waals surface area contributed by atoms with Gasteiger partial charge >= 0.3 is 0 Å². The molecule has 26 heavy (non-hydrogen) atoms. The molecular formula is C19H13ClIN3O2. The van der Waals surface area contributed by atoms with Crippen LogP contribution in [0.15, 0.2) is 67.0 Å². The number of rotatable bonds is 4. The Morgan fingerprint density at radius 3 is 2.31 bits per heavy atom. The second-order valence-electron chi connectivity index (χ2n) is 5.31. The Kier molecular flexibility index (Phi) is 5.85. The third-order valence-corrected chi connectivity index (χ3v) is 4.53. The predicted molar refractivity (Wildman–Crippen MR) is 111 cm³/mol. The molecule has 0 aliphatic rings. The number of pyridine rings is 1. The monoisotopic (exact) mass is 477 g/mol. The first-order valence-corrected chi connectivity index (χ1v) is 9.07. The van der Waals surface area contributed by atoms with E-state index in [2.05, 4.69) is 38.2 Å². The van der Waals surface area contributed by atoms with Crippen LogP contribution >= 0.6 is 34.2 Å². The fourth-order valence-corrected chi connectivity index (χ4v) is 2.99. The van der Waals surface area contributed by atoms with Gasteiger partial charge in [-0.1, -0.05) is 23.7 Å². The van der Waals surface area contributed by atoms with E-state index in [0.717, 1.165) is 3.57 Å². The molecule has 0 saturated carbocycles. The van der Waals surface area contributed by atoms with Crippen LogP contribution in [0.4, 0.5) is 11.4 Å². The third-order valence-electron chi connectivity index (χ3n) is 3.53. The molecule has 2 amide bonds. The second-order valence-corrected chi connectivity index (χ2v) is 6.97. The first-order chi connectivity index (χ1) is 12.5. The van der Waals surface area contributed by atoms with Gasteiger partial charge in [-0.3, -0.25) is 14.6 Å². The average molecular weight is 478 g/mol. The molecule has 0 aliphatic heterocycles. The molecule has 0 radical (unpaired) electrons. The van der Waals surface area contributed by atoms with Crippen molar-refractivity contribution in [2.75, 3.05) is 10.6 Å². The van der Waals surface area contributed by atoms with E-state index >= 15 is 0 Å². The van der Waals surface area contributed by atoms with Crippen molar-refractivity contribution in [3.63, 3.8) is 0 Å². The standard InChI is InChI=1S/C19H13ClIN3O2/c20-16-4-2-1-3-14(16)18(25)24-17-6-5-12(21)11-15(17)19(26)23-13-7-9-22-10-8-13/h1-11H,(H,24,25)(H,22,23,26). The SMILES string of the molecule is O=C(Nc1ccc(I)cc1C(=O)Nc1ccncc1)c1ccccc1Cl. The number of hydrogen-bond donors (Lipinski definition) is 2. The lowest BCUT2D eigenvalue weighted by Gasteiger charge is -2.13. The summed E-state index contributed by atoms with van der Waals surface area (Å²) in [5.74, 6) is -0.709. The van der Waals surface area contributed by atoms with Crippen LogP contribution in [0.5, 0.6) is 0 Å². The van der Waals surface area contributed by atoms with Crippen molar-refractivity contribution in [2.45, 2.75) is 0 Å². The van der Waals surface area contributed by atoms with Gasteiger partial charge in [0.25, 0.3) is 11.8 Å². The highest BCUT2D eigenvalue weighted by atomic mass is 127. The van der Waals surface area contributed by atoms with Gasteiger partial charge < -0.3 is 10.6 Å². The highest BCUT2D eigenvalue weighted by Crippen LogP contribution is 2.23. The summed E-state index contributed by atoms with van der Waals surface area (Å²) >= 11 is 8.19. The fraction of sp³-hybridized carbons (Fsp3) is 0. The van der Waals surface area contributed by atoms with E-state index in [1.54, 1.807) is 60.9 Å². The van der Waals surface area contributed by atoms with Gasteiger partial charge in [-0.15, -0.1) is 0 Å². The third kappa shape index (κ3) is 4.39. The molecule has 2 N–H and O–H groups in total.